The molecule has 2 rings (SSSR count). The predicted molar refractivity (Wildman–Crippen MR) is 83.2 cm³/mol. The van der Waals surface area contributed by atoms with Crippen molar-refractivity contribution in [2.45, 2.75) is 21.2 Å². The Morgan fingerprint density at radius 2 is 1.74 bits per heavy atom. The summed E-state index contributed by atoms with van der Waals surface area (Å²) in [5.41, 5.74) is 7.10. The zero-order valence-corrected chi connectivity index (χ0v) is 12.7. The lowest BCUT2D eigenvalue weighted by molar-refractivity contribution is 0.414. The molecule has 2 aromatic rings. The van der Waals surface area contributed by atoms with Crippen LogP contribution in [0, 0.1) is 0 Å². The van der Waals surface area contributed by atoms with E-state index in [2.05, 4.69) is 36.6 Å². The van der Waals surface area contributed by atoms with E-state index in [4.69, 9.17) is 10.5 Å². The van der Waals surface area contributed by atoms with Gasteiger partial charge in [0.1, 0.15) is 5.75 Å². The van der Waals surface area contributed by atoms with Crippen molar-refractivity contribution < 1.29 is 4.74 Å². The van der Waals surface area contributed by atoms with Crippen molar-refractivity contribution in [1.82, 2.24) is 0 Å². The zero-order valence-electron chi connectivity index (χ0n) is 11.1. The number of ether oxygens (including phenoxy) is 1. The van der Waals surface area contributed by atoms with E-state index in [0.29, 0.717) is 6.54 Å². The Balaban J connectivity index is 2.26. The summed E-state index contributed by atoms with van der Waals surface area (Å²) in [5, 5.41) is 0. The maximum Gasteiger partial charge on any atom is 0.118 e. The molecule has 100 valence electrons. The van der Waals surface area contributed by atoms with E-state index >= 15 is 0 Å². The number of hydrogen-bond donors (Lipinski definition) is 1. The Hall–Kier alpha value is -1.10. The van der Waals surface area contributed by atoms with Crippen LogP contribution in [0.2, 0.25) is 0 Å². The van der Waals surface area contributed by atoms with Gasteiger partial charge >= 0.3 is 0 Å². The maximum absolute atomic E-state index is 5.88. The Morgan fingerprint density at radius 3 is 2.32 bits per heavy atom. The van der Waals surface area contributed by atoms with Crippen LogP contribution in [0.5, 0.6) is 5.75 Å². The summed E-state index contributed by atoms with van der Waals surface area (Å²) >= 11 is 3.48. The lowest BCUT2D eigenvalue weighted by Gasteiger charge is -2.11. The van der Waals surface area contributed by atoms with Gasteiger partial charge in [-0.3, -0.25) is 0 Å². The molecule has 0 aliphatic heterocycles. The Labute approximate surface area is 122 Å². The zero-order chi connectivity index (χ0) is 13.7. The minimum Gasteiger partial charge on any atom is -0.497 e. The maximum atomic E-state index is 5.88. The van der Waals surface area contributed by atoms with Crippen LogP contribution in [0.4, 0.5) is 0 Å². The number of thioether (sulfide) groups is 1. The summed E-state index contributed by atoms with van der Waals surface area (Å²) < 4.78 is 5.17. The van der Waals surface area contributed by atoms with Gasteiger partial charge in [-0.25, -0.2) is 0 Å². The first kappa shape index (κ1) is 14.3. The van der Waals surface area contributed by atoms with Crippen molar-refractivity contribution in [2.24, 2.45) is 5.73 Å². The Morgan fingerprint density at radius 1 is 1.05 bits per heavy atom. The number of rotatable bonds is 5. The molecule has 0 saturated heterocycles. The first-order valence-electron chi connectivity index (χ1n) is 5.96. The summed E-state index contributed by atoms with van der Waals surface area (Å²) in [6.07, 6.45) is 2.08. The van der Waals surface area contributed by atoms with Crippen molar-refractivity contribution in [3.05, 3.63) is 48.0 Å². The van der Waals surface area contributed by atoms with Crippen LogP contribution in [-0.2, 0) is 6.54 Å². The monoisotopic (exact) mass is 291 g/mol. The topological polar surface area (TPSA) is 35.2 Å². The molecule has 0 aliphatic rings. The highest BCUT2D eigenvalue weighted by Crippen LogP contribution is 2.35. The fourth-order valence-electron chi connectivity index (χ4n) is 1.80. The molecule has 0 amide bonds. The molecule has 4 heteroatoms. The summed E-state index contributed by atoms with van der Waals surface area (Å²) in [7, 11) is 1.68. The summed E-state index contributed by atoms with van der Waals surface area (Å²) in [6, 6.07) is 14.4. The van der Waals surface area contributed by atoms with Crippen LogP contribution in [0.15, 0.2) is 57.2 Å². The second-order valence-electron chi connectivity index (χ2n) is 3.92. The quantitative estimate of drug-likeness (QED) is 0.844. The molecule has 2 aromatic carbocycles. The third kappa shape index (κ3) is 3.47. The molecule has 0 aromatic heterocycles. The number of nitrogens with two attached hydrogens (primary N) is 1. The first-order chi connectivity index (χ1) is 9.28. The van der Waals surface area contributed by atoms with E-state index in [1.54, 1.807) is 30.6 Å². The highest BCUT2D eigenvalue weighted by molar-refractivity contribution is 8.00. The van der Waals surface area contributed by atoms with Crippen LogP contribution in [-0.4, -0.2) is 13.4 Å². The minimum atomic E-state index is 0.565. The van der Waals surface area contributed by atoms with Crippen molar-refractivity contribution in [3.8, 4) is 5.75 Å². The third-order valence-electron chi connectivity index (χ3n) is 2.80. The normalized spacial score (nSPS) is 10.5. The van der Waals surface area contributed by atoms with Crippen LogP contribution >= 0.6 is 23.5 Å². The van der Waals surface area contributed by atoms with Crippen LogP contribution < -0.4 is 10.5 Å². The van der Waals surface area contributed by atoms with Gasteiger partial charge in [0.25, 0.3) is 0 Å². The molecule has 0 bridgehead atoms. The van der Waals surface area contributed by atoms with Gasteiger partial charge < -0.3 is 10.5 Å². The highest BCUT2D eigenvalue weighted by Gasteiger charge is 2.07. The van der Waals surface area contributed by atoms with E-state index in [1.807, 2.05) is 12.1 Å². The molecule has 0 radical (unpaired) electrons. The standard InChI is InChI=1S/C15H17NOS2/c1-17-11-6-8-12(9-7-11)19-15-5-3-4-14(18-2)13(15)10-16/h3-9H,10,16H2,1-2H3. The number of benzene rings is 2. The number of hydrogen-bond acceptors (Lipinski definition) is 4. The summed E-state index contributed by atoms with van der Waals surface area (Å²) in [5.74, 6) is 0.876. The van der Waals surface area contributed by atoms with E-state index < -0.39 is 0 Å². The van der Waals surface area contributed by atoms with Gasteiger partial charge in [0.05, 0.1) is 7.11 Å². The van der Waals surface area contributed by atoms with Crippen LogP contribution in [0.25, 0.3) is 0 Å². The molecule has 2 nitrogen and oxygen atoms in total. The average molecular weight is 291 g/mol. The summed E-state index contributed by atoms with van der Waals surface area (Å²) in [4.78, 5) is 3.66. The van der Waals surface area contributed by atoms with Gasteiger partial charge in [-0.05, 0) is 48.2 Å². The molecular weight excluding hydrogens is 274 g/mol. The fraction of sp³-hybridized carbons (Fsp3) is 0.200. The van der Waals surface area contributed by atoms with Gasteiger partial charge in [0.15, 0.2) is 0 Å². The smallest absolute Gasteiger partial charge is 0.118 e. The van der Waals surface area contributed by atoms with Crippen molar-refractivity contribution in [2.75, 3.05) is 13.4 Å². The second-order valence-corrected chi connectivity index (χ2v) is 5.88. The molecule has 19 heavy (non-hydrogen) atoms. The molecule has 0 spiro atoms. The van der Waals surface area contributed by atoms with Crippen molar-refractivity contribution in [3.63, 3.8) is 0 Å². The van der Waals surface area contributed by atoms with Gasteiger partial charge in [0.2, 0.25) is 0 Å². The Kier molecular flexibility index (Phi) is 5.19. The van der Waals surface area contributed by atoms with Crippen molar-refractivity contribution >= 4 is 23.5 Å². The SMILES string of the molecule is COc1ccc(Sc2cccc(SC)c2CN)cc1. The van der Waals surface area contributed by atoms with E-state index in [-0.39, 0.29) is 0 Å². The second kappa shape index (κ2) is 6.89. The molecule has 0 unspecified atom stereocenters. The van der Waals surface area contributed by atoms with Gasteiger partial charge in [-0.15, -0.1) is 11.8 Å². The molecule has 0 saturated carbocycles. The van der Waals surface area contributed by atoms with Crippen molar-refractivity contribution in [1.29, 1.82) is 0 Å². The fourth-order valence-corrected chi connectivity index (χ4v) is 3.51. The molecule has 0 atom stereocenters. The minimum absolute atomic E-state index is 0.565. The average Bonchev–Trinajstić information content (AvgIpc) is 2.47. The largest absolute Gasteiger partial charge is 0.497 e. The van der Waals surface area contributed by atoms with Gasteiger partial charge in [0, 0.05) is 21.2 Å². The molecule has 0 heterocycles. The first-order valence-corrected chi connectivity index (χ1v) is 8.00. The molecular formula is C15H17NOS2. The number of methoxy groups -OCH3 is 1. The van der Waals surface area contributed by atoms with Crippen LogP contribution in [0.3, 0.4) is 0 Å². The van der Waals surface area contributed by atoms with E-state index in [0.717, 1.165) is 5.75 Å². The predicted octanol–water partition coefficient (Wildman–Crippen LogP) is 4.03. The Bertz CT molecular complexity index is 540. The lowest BCUT2D eigenvalue weighted by Crippen LogP contribution is -2.00. The summed E-state index contributed by atoms with van der Waals surface area (Å²) in [6.45, 7) is 0.565. The lowest BCUT2D eigenvalue weighted by atomic mass is 10.2. The van der Waals surface area contributed by atoms with Gasteiger partial charge in [-0.1, -0.05) is 17.8 Å². The molecule has 0 aliphatic carbocycles. The van der Waals surface area contributed by atoms with E-state index in [1.165, 1.54) is 20.2 Å². The molecule has 0 fully saturated rings. The van der Waals surface area contributed by atoms with E-state index in [9.17, 15) is 0 Å². The van der Waals surface area contributed by atoms with Crippen LogP contribution in [0.1, 0.15) is 5.56 Å². The molecule has 2 N–H and O–H groups in total. The van der Waals surface area contributed by atoms with Gasteiger partial charge in [-0.2, -0.15) is 0 Å². The third-order valence-corrected chi connectivity index (χ3v) is 4.73. The highest BCUT2D eigenvalue weighted by atomic mass is 32.2.